The first-order valence-corrected chi connectivity index (χ1v) is 5.67. The van der Waals surface area contributed by atoms with Crippen LogP contribution in [0.4, 0.5) is 0 Å². The topological polar surface area (TPSA) is 77.1 Å². The molecule has 3 N–H and O–H groups in total. The number of hydrazine groups is 1. The minimum absolute atomic E-state index is 0.0624. The van der Waals surface area contributed by atoms with Crippen molar-refractivity contribution in [3.8, 4) is 0 Å². The van der Waals surface area contributed by atoms with Crippen molar-refractivity contribution in [1.82, 2.24) is 9.99 Å². The normalized spacial score (nSPS) is 12.3. The monoisotopic (exact) mass is 237 g/mol. The smallest absolute Gasteiger partial charge is 0.271 e. The van der Waals surface area contributed by atoms with Crippen molar-refractivity contribution in [2.75, 3.05) is 0 Å². The third-order valence-electron chi connectivity index (χ3n) is 3.02. The highest BCUT2D eigenvalue weighted by atomic mass is 16.2. The van der Waals surface area contributed by atoms with Gasteiger partial charge in [0.2, 0.25) is 0 Å². The average molecular weight is 237 g/mol. The number of carbonyl (C=O) groups excluding carboxylic acids is 1. The second-order valence-corrected chi connectivity index (χ2v) is 4.25. The van der Waals surface area contributed by atoms with Crippen LogP contribution in [-0.2, 0) is 0 Å². The van der Waals surface area contributed by atoms with Crippen LogP contribution in [0, 0.1) is 13.8 Å². The van der Waals surface area contributed by atoms with E-state index in [1.165, 1.54) is 0 Å². The Kier molecular flexibility index (Phi) is 4.07. The lowest BCUT2D eigenvalue weighted by Crippen LogP contribution is -2.38. The van der Waals surface area contributed by atoms with E-state index in [0.29, 0.717) is 5.56 Å². The van der Waals surface area contributed by atoms with Crippen molar-refractivity contribution in [2.45, 2.75) is 40.2 Å². The molecule has 1 heterocycles. The van der Waals surface area contributed by atoms with E-state index in [4.69, 9.17) is 5.84 Å². The zero-order valence-electron chi connectivity index (χ0n) is 10.7. The number of aromatic nitrogens is 1. The first-order chi connectivity index (χ1) is 7.93. The average Bonchev–Trinajstić information content (AvgIpc) is 2.27. The van der Waals surface area contributed by atoms with Gasteiger partial charge < -0.3 is 4.57 Å². The van der Waals surface area contributed by atoms with E-state index in [9.17, 15) is 9.59 Å². The summed E-state index contributed by atoms with van der Waals surface area (Å²) in [5.41, 5.74) is 3.36. The minimum Gasteiger partial charge on any atom is -0.309 e. The lowest BCUT2D eigenvalue weighted by molar-refractivity contribution is 0.0950. The van der Waals surface area contributed by atoms with Crippen LogP contribution in [0.1, 0.15) is 47.9 Å². The van der Waals surface area contributed by atoms with Crippen molar-refractivity contribution >= 4 is 5.91 Å². The number of amides is 1. The van der Waals surface area contributed by atoms with Crippen molar-refractivity contribution < 1.29 is 4.79 Å². The zero-order valence-corrected chi connectivity index (χ0v) is 10.7. The minimum atomic E-state index is -0.537. The summed E-state index contributed by atoms with van der Waals surface area (Å²) in [6.07, 6.45) is 0.827. The van der Waals surface area contributed by atoms with E-state index in [0.717, 1.165) is 12.1 Å². The second kappa shape index (κ2) is 5.14. The fraction of sp³-hybridized carbons (Fsp3) is 0.500. The Bertz CT molecular complexity index is 491. The fourth-order valence-electron chi connectivity index (χ4n) is 1.98. The van der Waals surface area contributed by atoms with Crippen molar-refractivity contribution in [1.29, 1.82) is 0 Å². The van der Waals surface area contributed by atoms with Crippen molar-refractivity contribution in [3.05, 3.63) is 33.2 Å². The summed E-state index contributed by atoms with van der Waals surface area (Å²) < 4.78 is 1.64. The molecule has 5 nitrogen and oxygen atoms in total. The summed E-state index contributed by atoms with van der Waals surface area (Å²) in [5.74, 6) is 4.55. The lowest BCUT2D eigenvalue weighted by atomic mass is 10.1. The number of hydrogen-bond donors (Lipinski definition) is 2. The molecule has 94 valence electrons. The maximum absolute atomic E-state index is 12.3. The summed E-state index contributed by atoms with van der Waals surface area (Å²) >= 11 is 0. The van der Waals surface area contributed by atoms with Gasteiger partial charge in [0.05, 0.1) is 0 Å². The van der Waals surface area contributed by atoms with Gasteiger partial charge in [-0.15, -0.1) is 0 Å². The molecule has 1 rings (SSSR count). The van der Waals surface area contributed by atoms with Crippen molar-refractivity contribution in [3.63, 3.8) is 0 Å². The SMILES string of the molecule is CCC(C)n1c(C)cc(C)c(C(=O)NN)c1=O. The summed E-state index contributed by atoms with van der Waals surface area (Å²) in [7, 11) is 0. The van der Waals surface area contributed by atoms with E-state index in [2.05, 4.69) is 0 Å². The van der Waals surface area contributed by atoms with Gasteiger partial charge in [0, 0.05) is 11.7 Å². The maximum atomic E-state index is 12.3. The van der Waals surface area contributed by atoms with E-state index < -0.39 is 5.91 Å². The second-order valence-electron chi connectivity index (χ2n) is 4.25. The molecule has 1 aromatic heterocycles. The Balaban J connectivity index is 3.54. The molecule has 0 radical (unpaired) electrons. The molecule has 0 saturated heterocycles. The number of nitrogen functional groups attached to an aromatic ring is 1. The van der Waals surface area contributed by atoms with Gasteiger partial charge in [0.25, 0.3) is 11.5 Å². The maximum Gasteiger partial charge on any atom is 0.271 e. The number of carbonyl (C=O) groups is 1. The van der Waals surface area contributed by atoms with E-state index >= 15 is 0 Å². The standard InChI is InChI=1S/C12H19N3O2/c1-5-8(3)15-9(4)6-7(2)10(12(15)17)11(16)14-13/h6,8H,5,13H2,1-4H3,(H,14,16). The molecule has 0 bridgehead atoms. The third kappa shape index (κ3) is 2.39. The largest absolute Gasteiger partial charge is 0.309 e. The van der Waals surface area contributed by atoms with Gasteiger partial charge in [-0.05, 0) is 38.8 Å². The number of nitrogens with zero attached hydrogens (tertiary/aromatic N) is 1. The van der Waals surface area contributed by atoms with Gasteiger partial charge in [0.15, 0.2) is 0 Å². The summed E-state index contributed by atoms with van der Waals surface area (Å²) in [5, 5.41) is 0. The molecule has 5 heteroatoms. The number of hydrogen-bond acceptors (Lipinski definition) is 3. The molecule has 1 amide bonds. The molecule has 0 aliphatic heterocycles. The van der Waals surface area contributed by atoms with Crippen LogP contribution in [0.5, 0.6) is 0 Å². The van der Waals surface area contributed by atoms with Crippen LogP contribution >= 0.6 is 0 Å². The zero-order chi connectivity index (χ0) is 13.2. The van der Waals surface area contributed by atoms with Crippen LogP contribution in [0.3, 0.4) is 0 Å². The molecular weight excluding hydrogens is 218 g/mol. The van der Waals surface area contributed by atoms with Crippen molar-refractivity contribution in [2.24, 2.45) is 5.84 Å². The predicted octanol–water partition coefficient (Wildman–Crippen LogP) is 1.04. The first-order valence-electron chi connectivity index (χ1n) is 5.67. The number of nitrogens with two attached hydrogens (primary N) is 1. The lowest BCUT2D eigenvalue weighted by Gasteiger charge is -2.18. The number of pyridine rings is 1. The Labute approximate surface area is 101 Å². The van der Waals surface area contributed by atoms with Gasteiger partial charge in [-0.3, -0.25) is 15.0 Å². The Morgan fingerprint density at radius 2 is 2.12 bits per heavy atom. The molecule has 0 aromatic carbocycles. The van der Waals surface area contributed by atoms with Gasteiger partial charge in [-0.1, -0.05) is 6.92 Å². The Morgan fingerprint density at radius 1 is 1.53 bits per heavy atom. The van der Waals surface area contributed by atoms with Crippen LogP contribution in [-0.4, -0.2) is 10.5 Å². The van der Waals surface area contributed by atoms with Crippen LogP contribution < -0.4 is 16.8 Å². The summed E-state index contributed by atoms with van der Waals surface area (Å²) in [6, 6.07) is 1.89. The molecule has 0 saturated carbocycles. The third-order valence-corrected chi connectivity index (χ3v) is 3.02. The van der Waals surface area contributed by atoms with E-state index in [-0.39, 0.29) is 17.2 Å². The number of nitrogens with one attached hydrogen (secondary N) is 1. The summed E-state index contributed by atoms with van der Waals surface area (Å²) in [4.78, 5) is 23.8. The fourth-order valence-corrected chi connectivity index (χ4v) is 1.98. The Hall–Kier alpha value is -1.62. The highest BCUT2D eigenvalue weighted by Crippen LogP contribution is 2.13. The van der Waals surface area contributed by atoms with E-state index in [1.54, 1.807) is 11.5 Å². The molecule has 17 heavy (non-hydrogen) atoms. The van der Waals surface area contributed by atoms with Gasteiger partial charge in [0.1, 0.15) is 5.56 Å². The van der Waals surface area contributed by atoms with Crippen LogP contribution in [0.2, 0.25) is 0 Å². The molecule has 0 aliphatic rings. The molecule has 1 atom stereocenters. The highest BCUT2D eigenvalue weighted by molar-refractivity contribution is 5.94. The van der Waals surface area contributed by atoms with Crippen LogP contribution in [0.25, 0.3) is 0 Å². The molecule has 0 aliphatic carbocycles. The number of rotatable bonds is 3. The Morgan fingerprint density at radius 3 is 2.59 bits per heavy atom. The van der Waals surface area contributed by atoms with Crippen LogP contribution in [0.15, 0.2) is 10.9 Å². The first kappa shape index (κ1) is 13.4. The number of aryl methyl sites for hydroxylation is 2. The molecule has 0 fully saturated rings. The molecule has 0 spiro atoms. The predicted molar refractivity (Wildman–Crippen MR) is 66.8 cm³/mol. The summed E-state index contributed by atoms with van der Waals surface area (Å²) in [6.45, 7) is 7.55. The quantitative estimate of drug-likeness (QED) is 0.468. The molecule has 1 unspecified atom stereocenters. The van der Waals surface area contributed by atoms with Gasteiger partial charge in [-0.2, -0.15) is 0 Å². The molecule has 1 aromatic rings. The van der Waals surface area contributed by atoms with Gasteiger partial charge >= 0.3 is 0 Å². The highest BCUT2D eigenvalue weighted by Gasteiger charge is 2.18. The van der Waals surface area contributed by atoms with E-state index in [1.807, 2.05) is 32.3 Å². The van der Waals surface area contributed by atoms with Gasteiger partial charge in [-0.25, -0.2) is 5.84 Å². The molecular formula is C12H19N3O2.